The van der Waals surface area contributed by atoms with Gasteiger partial charge in [-0.3, -0.25) is 14.6 Å². The van der Waals surface area contributed by atoms with E-state index in [1.165, 1.54) is 0 Å². The molecule has 2 heterocycles. The molecular weight excluding hydrogens is 312 g/mol. The molecule has 0 radical (unpaired) electrons. The quantitative estimate of drug-likeness (QED) is 0.725. The maximum Gasteiger partial charge on any atom is 0.303 e. The number of amides is 1. The van der Waals surface area contributed by atoms with Gasteiger partial charge in [-0.15, -0.1) is 0 Å². The molecular formula is C17H20N2O3S. The largest absolute Gasteiger partial charge is 0.481 e. The Labute approximate surface area is 139 Å². The van der Waals surface area contributed by atoms with Crippen molar-refractivity contribution >= 4 is 23.2 Å². The van der Waals surface area contributed by atoms with Crippen LogP contribution in [-0.4, -0.2) is 28.5 Å². The summed E-state index contributed by atoms with van der Waals surface area (Å²) in [7, 11) is 0. The molecule has 0 aliphatic carbocycles. The molecule has 2 aromatic rings. The first-order valence-corrected chi connectivity index (χ1v) is 8.52. The topological polar surface area (TPSA) is 79.3 Å². The second-order valence-corrected chi connectivity index (χ2v) is 6.08. The lowest BCUT2D eigenvalue weighted by atomic mass is 10.1. The third-order valence-corrected chi connectivity index (χ3v) is 4.18. The number of aliphatic carboxylic acids is 1. The number of carboxylic acids is 1. The van der Waals surface area contributed by atoms with Crippen molar-refractivity contribution in [2.45, 2.75) is 32.6 Å². The summed E-state index contributed by atoms with van der Waals surface area (Å²) >= 11 is 1.61. The molecule has 0 aliphatic heterocycles. The Bertz CT molecular complexity index is 668. The maximum absolute atomic E-state index is 12.2. The Morgan fingerprint density at radius 3 is 2.70 bits per heavy atom. The lowest BCUT2D eigenvalue weighted by Gasteiger charge is -2.08. The van der Waals surface area contributed by atoms with Gasteiger partial charge in [-0.05, 0) is 43.3 Å². The fraction of sp³-hybridized carbons (Fsp3) is 0.353. The number of rotatable bonds is 8. The number of carbonyl (C=O) groups is 2. The minimum absolute atomic E-state index is 0.134. The van der Waals surface area contributed by atoms with Gasteiger partial charge in [0.15, 0.2) is 0 Å². The lowest BCUT2D eigenvalue weighted by Crippen LogP contribution is -2.25. The number of pyridine rings is 1. The average Bonchev–Trinajstić information content (AvgIpc) is 3.04. The molecule has 0 saturated heterocycles. The third-order valence-electron chi connectivity index (χ3n) is 3.50. The zero-order valence-corrected chi connectivity index (χ0v) is 13.9. The average molecular weight is 332 g/mol. The summed E-state index contributed by atoms with van der Waals surface area (Å²) < 4.78 is 0. The number of unbranched alkanes of at least 4 members (excludes halogenated alkanes) is 2. The van der Waals surface area contributed by atoms with Crippen LogP contribution >= 0.6 is 11.3 Å². The van der Waals surface area contributed by atoms with Crippen LogP contribution in [0.5, 0.6) is 0 Å². The maximum atomic E-state index is 12.2. The molecule has 0 saturated carbocycles. The summed E-state index contributed by atoms with van der Waals surface area (Å²) in [5.41, 5.74) is 3.21. The van der Waals surface area contributed by atoms with Gasteiger partial charge in [-0.1, -0.05) is 6.42 Å². The van der Waals surface area contributed by atoms with Gasteiger partial charge in [-0.25, -0.2) is 0 Å². The van der Waals surface area contributed by atoms with Gasteiger partial charge in [0.2, 0.25) is 0 Å². The lowest BCUT2D eigenvalue weighted by molar-refractivity contribution is -0.137. The smallest absolute Gasteiger partial charge is 0.303 e. The number of aromatic nitrogens is 1. The van der Waals surface area contributed by atoms with Gasteiger partial charge in [0, 0.05) is 23.9 Å². The molecule has 0 unspecified atom stereocenters. The molecule has 2 aromatic heterocycles. The van der Waals surface area contributed by atoms with Crippen LogP contribution in [-0.2, 0) is 4.79 Å². The van der Waals surface area contributed by atoms with E-state index in [0.29, 0.717) is 24.2 Å². The third kappa shape index (κ3) is 5.17. The van der Waals surface area contributed by atoms with Crippen molar-refractivity contribution < 1.29 is 14.7 Å². The van der Waals surface area contributed by atoms with Crippen molar-refractivity contribution in [2.75, 3.05) is 6.54 Å². The number of aryl methyl sites for hydroxylation is 1. The van der Waals surface area contributed by atoms with Gasteiger partial charge in [0.05, 0.1) is 17.0 Å². The Hall–Kier alpha value is -2.21. The first-order chi connectivity index (χ1) is 11.1. The predicted octanol–water partition coefficient (Wildman–Crippen LogP) is 3.49. The monoisotopic (exact) mass is 332 g/mol. The fourth-order valence-corrected chi connectivity index (χ4v) is 2.90. The molecule has 0 aliphatic rings. The van der Waals surface area contributed by atoms with Crippen LogP contribution in [0.2, 0.25) is 0 Å². The van der Waals surface area contributed by atoms with Crippen LogP contribution in [0.1, 0.15) is 41.7 Å². The van der Waals surface area contributed by atoms with Crippen molar-refractivity contribution in [3.63, 3.8) is 0 Å². The molecule has 122 valence electrons. The molecule has 2 rings (SSSR count). The van der Waals surface area contributed by atoms with Gasteiger partial charge in [-0.2, -0.15) is 11.3 Å². The zero-order valence-electron chi connectivity index (χ0n) is 13.0. The molecule has 23 heavy (non-hydrogen) atoms. The molecule has 0 fully saturated rings. The van der Waals surface area contributed by atoms with Crippen molar-refractivity contribution in [2.24, 2.45) is 0 Å². The highest BCUT2D eigenvalue weighted by Gasteiger charge is 2.11. The first kappa shape index (κ1) is 17.1. The van der Waals surface area contributed by atoms with Crippen molar-refractivity contribution in [1.82, 2.24) is 10.3 Å². The number of hydrogen-bond acceptors (Lipinski definition) is 4. The van der Waals surface area contributed by atoms with E-state index in [2.05, 4.69) is 10.3 Å². The number of nitrogens with one attached hydrogen (secondary N) is 1. The second-order valence-electron chi connectivity index (χ2n) is 5.30. The van der Waals surface area contributed by atoms with E-state index in [-0.39, 0.29) is 12.3 Å². The second kappa shape index (κ2) is 8.43. The fourth-order valence-electron chi connectivity index (χ4n) is 2.25. The molecule has 0 atom stereocenters. The summed E-state index contributed by atoms with van der Waals surface area (Å²) in [6.07, 6.45) is 2.39. The van der Waals surface area contributed by atoms with E-state index in [1.54, 1.807) is 17.4 Å². The molecule has 2 N–H and O–H groups in total. The highest BCUT2D eigenvalue weighted by atomic mass is 32.1. The van der Waals surface area contributed by atoms with Gasteiger partial charge < -0.3 is 10.4 Å². The standard InChI is InChI=1S/C17H20N2O3S/c1-12-14(6-7-15(19-12)13-8-10-23-11-13)17(22)18-9-4-2-3-5-16(20)21/h6-8,10-11H,2-5,9H2,1H3,(H,18,22)(H,20,21). The van der Waals surface area contributed by atoms with Gasteiger partial charge >= 0.3 is 5.97 Å². The van der Waals surface area contributed by atoms with Gasteiger partial charge in [0.1, 0.15) is 0 Å². The molecule has 1 amide bonds. The molecule has 0 aromatic carbocycles. The van der Waals surface area contributed by atoms with Crippen molar-refractivity contribution in [3.05, 3.63) is 40.2 Å². The molecule has 0 spiro atoms. The minimum Gasteiger partial charge on any atom is -0.481 e. The predicted molar refractivity (Wildman–Crippen MR) is 90.7 cm³/mol. The summed E-state index contributed by atoms with van der Waals surface area (Å²) in [4.78, 5) is 27.1. The summed E-state index contributed by atoms with van der Waals surface area (Å²) in [5, 5.41) is 15.4. The SMILES string of the molecule is Cc1nc(-c2ccsc2)ccc1C(=O)NCCCCCC(=O)O. The van der Waals surface area contributed by atoms with Crippen LogP contribution in [0.4, 0.5) is 0 Å². The number of thiophene rings is 1. The highest BCUT2D eigenvalue weighted by Crippen LogP contribution is 2.21. The van der Waals surface area contributed by atoms with E-state index in [4.69, 9.17) is 5.11 Å². The minimum atomic E-state index is -0.776. The van der Waals surface area contributed by atoms with E-state index in [9.17, 15) is 9.59 Å². The summed E-state index contributed by atoms with van der Waals surface area (Å²) in [5.74, 6) is -0.911. The Balaban J connectivity index is 1.84. The number of carboxylic acid groups (broad SMARTS) is 1. The molecule has 5 nitrogen and oxygen atoms in total. The van der Waals surface area contributed by atoms with Crippen LogP contribution in [0, 0.1) is 6.92 Å². The highest BCUT2D eigenvalue weighted by molar-refractivity contribution is 7.08. The number of hydrogen-bond donors (Lipinski definition) is 2. The number of carbonyl (C=O) groups excluding carboxylic acids is 1. The molecule has 0 bridgehead atoms. The van der Waals surface area contributed by atoms with Crippen LogP contribution < -0.4 is 5.32 Å². The van der Waals surface area contributed by atoms with Crippen LogP contribution in [0.25, 0.3) is 11.3 Å². The zero-order chi connectivity index (χ0) is 16.7. The first-order valence-electron chi connectivity index (χ1n) is 7.58. The van der Waals surface area contributed by atoms with E-state index < -0.39 is 5.97 Å². The number of nitrogens with zero attached hydrogens (tertiary/aromatic N) is 1. The van der Waals surface area contributed by atoms with E-state index in [0.717, 1.165) is 24.1 Å². The molecule has 6 heteroatoms. The van der Waals surface area contributed by atoms with Crippen molar-refractivity contribution in [1.29, 1.82) is 0 Å². The van der Waals surface area contributed by atoms with Gasteiger partial charge in [0.25, 0.3) is 5.91 Å². The Kier molecular flexibility index (Phi) is 6.29. The van der Waals surface area contributed by atoms with Crippen LogP contribution in [0.3, 0.4) is 0 Å². The normalized spacial score (nSPS) is 10.5. The van der Waals surface area contributed by atoms with E-state index in [1.807, 2.05) is 29.8 Å². The van der Waals surface area contributed by atoms with Crippen LogP contribution in [0.15, 0.2) is 29.0 Å². The van der Waals surface area contributed by atoms with E-state index >= 15 is 0 Å². The van der Waals surface area contributed by atoms with Crippen molar-refractivity contribution in [3.8, 4) is 11.3 Å². The Morgan fingerprint density at radius 2 is 2.04 bits per heavy atom. The summed E-state index contributed by atoms with van der Waals surface area (Å²) in [6, 6.07) is 5.66. The Morgan fingerprint density at radius 1 is 1.22 bits per heavy atom. The summed E-state index contributed by atoms with van der Waals surface area (Å²) in [6.45, 7) is 2.38.